The number of nitrogens with two attached hydrogens (primary N) is 1. The summed E-state index contributed by atoms with van der Waals surface area (Å²) >= 11 is 0. The molecule has 0 aromatic rings. The van der Waals surface area contributed by atoms with Crippen LogP contribution in [-0.4, -0.2) is 29.4 Å². The monoisotopic (exact) mass is 156 g/mol. The fraction of sp³-hybridized carbons (Fsp3) is 0.875. The number of carbonyl (C=O) groups excluding carboxylic acids is 1. The van der Waals surface area contributed by atoms with Crippen LogP contribution in [-0.2, 0) is 4.79 Å². The van der Waals surface area contributed by atoms with Crippen LogP contribution in [0.1, 0.15) is 26.7 Å². The summed E-state index contributed by atoms with van der Waals surface area (Å²) in [7, 11) is 0. The van der Waals surface area contributed by atoms with Crippen molar-refractivity contribution in [2.45, 2.75) is 38.8 Å². The maximum absolute atomic E-state index is 11.2. The number of hydrogen-bond donors (Lipinski definition) is 1. The molecule has 0 aromatic carbocycles. The zero-order valence-corrected chi connectivity index (χ0v) is 7.21. The van der Waals surface area contributed by atoms with Gasteiger partial charge in [-0.1, -0.05) is 0 Å². The second kappa shape index (κ2) is 3.22. The molecule has 1 amide bonds. The molecule has 2 atom stereocenters. The first-order chi connectivity index (χ1) is 5.13. The van der Waals surface area contributed by atoms with Gasteiger partial charge in [0.2, 0.25) is 5.91 Å². The standard InChI is InChI=1S/C8H16N2O/c1-6(9)7(2)10-5-3-4-8(10)11/h6-7H,3-5,9H2,1-2H3. The highest BCUT2D eigenvalue weighted by atomic mass is 16.2. The summed E-state index contributed by atoms with van der Waals surface area (Å²) in [5, 5.41) is 0. The third-order valence-corrected chi connectivity index (χ3v) is 2.36. The Labute approximate surface area is 67.5 Å². The van der Waals surface area contributed by atoms with Crippen molar-refractivity contribution in [3.8, 4) is 0 Å². The number of nitrogens with zero attached hydrogens (tertiary/aromatic N) is 1. The Morgan fingerprint density at radius 3 is 2.55 bits per heavy atom. The van der Waals surface area contributed by atoms with Crippen LogP contribution < -0.4 is 5.73 Å². The van der Waals surface area contributed by atoms with Crippen molar-refractivity contribution in [1.29, 1.82) is 0 Å². The van der Waals surface area contributed by atoms with E-state index in [1.54, 1.807) is 0 Å². The largest absolute Gasteiger partial charge is 0.338 e. The van der Waals surface area contributed by atoms with E-state index in [1.165, 1.54) is 0 Å². The van der Waals surface area contributed by atoms with Crippen LogP contribution in [0.2, 0.25) is 0 Å². The van der Waals surface area contributed by atoms with Crippen LogP contribution in [0, 0.1) is 0 Å². The fourth-order valence-corrected chi connectivity index (χ4v) is 1.38. The molecule has 1 aliphatic heterocycles. The third kappa shape index (κ3) is 1.71. The fourth-order valence-electron chi connectivity index (χ4n) is 1.38. The molecule has 1 rings (SSSR count). The van der Waals surface area contributed by atoms with E-state index in [1.807, 2.05) is 18.7 Å². The lowest BCUT2D eigenvalue weighted by molar-refractivity contribution is -0.129. The lowest BCUT2D eigenvalue weighted by atomic mass is 10.1. The minimum Gasteiger partial charge on any atom is -0.338 e. The predicted molar refractivity (Wildman–Crippen MR) is 44.1 cm³/mol. The molecule has 3 nitrogen and oxygen atoms in total. The molecule has 0 radical (unpaired) electrons. The molecule has 0 spiro atoms. The molecule has 2 N–H and O–H groups in total. The Balaban J connectivity index is 2.52. The van der Waals surface area contributed by atoms with Gasteiger partial charge in [-0.25, -0.2) is 0 Å². The topological polar surface area (TPSA) is 46.3 Å². The molecule has 0 bridgehead atoms. The Morgan fingerprint density at radius 2 is 2.18 bits per heavy atom. The van der Waals surface area contributed by atoms with Gasteiger partial charge in [0.05, 0.1) is 0 Å². The molecule has 1 fully saturated rings. The second-order valence-electron chi connectivity index (χ2n) is 3.29. The maximum atomic E-state index is 11.2. The van der Waals surface area contributed by atoms with Gasteiger partial charge in [0.25, 0.3) is 0 Å². The van der Waals surface area contributed by atoms with Gasteiger partial charge in [-0.05, 0) is 20.3 Å². The molecular weight excluding hydrogens is 140 g/mol. The van der Waals surface area contributed by atoms with Crippen molar-refractivity contribution < 1.29 is 4.79 Å². The van der Waals surface area contributed by atoms with Crippen LogP contribution in [0.3, 0.4) is 0 Å². The molecule has 2 unspecified atom stereocenters. The molecule has 0 aromatic heterocycles. The van der Waals surface area contributed by atoms with E-state index in [0.717, 1.165) is 13.0 Å². The van der Waals surface area contributed by atoms with Crippen LogP contribution >= 0.6 is 0 Å². The van der Waals surface area contributed by atoms with Gasteiger partial charge in [-0.15, -0.1) is 0 Å². The van der Waals surface area contributed by atoms with E-state index in [9.17, 15) is 4.79 Å². The molecule has 11 heavy (non-hydrogen) atoms. The smallest absolute Gasteiger partial charge is 0.222 e. The first-order valence-electron chi connectivity index (χ1n) is 4.18. The summed E-state index contributed by atoms with van der Waals surface area (Å²) in [6.45, 7) is 4.84. The molecule has 1 aliphatic rings. The van der Waals surface area contributed by atoms with Crippen molar-refractivity contribution in [3.63, 3.8) is 0 Å². The Morgan fingerprint density at radius 1 is 1.55 bits per heavy atom. The summed E-state index contributed by atoms with van der Waals surface area (Å²) in [6, 6.07) is 0.280. The van der Waals surface area contributed by atoms with Crippen LogP contribution in [0.4, 0.5) is 0 Å². The highest BCUT2D eigenvalue weighted by molar-refractivity contribution is 5.78. The van der Waals surface area contributed by atoms with Gasteiger partial charge in [0, 0.05) is 25.0 Å². The first-order valence-corrected chi connectivity index (χ1v) is 4.18. The summed E-state index contributed by atoms with van der Waals surface area (Å²) < 4.78 is 0. The molecule has 0 saturated carbocycles. The quantitative estimate of drug-likeness (QED) is 0.627. The number of likely N-dealkylation sites (tertiary alicyclic amines) is 1. The van der Waals surface area contributed by atoms with Crippen molar-refractivity contribution in [2.75, 3.05) is 6.54 Å². The zero-order valence-electron chi connectivity index (χ0n) is 7.21. The summed E-state index contributed by atoms with van der Waals surface area (Å²) in [5.74, 6) is 0.259. The van der Waals surface area contributed by atoms with Gasteiger partial charge < -0.3 is 10.6 Å². The van der Waals surface area contributed by atoms with Gasteiger partial charge in [-0.3, -0.25) is 4.79 Å². The third-order valence-electron chi connectivity index (χ3n) is 2.36. The summed E-state index contributed by atoms with van der Waals surface area (Å²) in [4.78, 5) is 13.1. The Kier molecular flexibility index (Phi) is 2.49. The van der Waals surface area contributed by atoms with Crippen LogP contribution in [0.15, 0.2) is 0 Å². The average Bonchev–Trinajstić information content (AvgIpc) is 2.33. The van der Waals surface area contributed by atoms with E-state index in [0.29, 0.717) is 6.42 Å². The minimum atomic E-state index is 0.0806. The van der Waals surface area contributed by atoms with Gasteiger partial charge >= 0.3 is 0 Å². The van der Waals surface area contributed by atoms with Crippen molar-refractivity contribution in [2.24, 2.45) is 5.73 Å². The molecular formula is C8H16N2O. The summed E-state index contributed by atoms with van der Waals surface area (Å²) in [6.07, 6.45) is 1.70. The first kappa shape index (κ1) is 8.53. The molecule has 3 heteroatoms. The second-order valence-corrected chi connectivity index (χ2v) is 3.29. The average molecular weight is 156 g/mol. The van der Waals surface area contributed by atoms with Crippen molar-refractivity contribution in [1.82, 2.24) is 4.90 Å². The van der Waals surface area contributed by atoms with E-state index in [-0.39, 0.29) is 18.0 Å². The lowest BCUT2D eigenvalue weighted by Crippen LogP contribution is -2.44. The number of carbonyl (C=O) groups is 1. The predicted octanol–water partition coefficient (Wildman–Crippen LogP) is 0.344. The van der Waals surface area contributed by atoms with Gasteiger partial charge in [0.1, 0.15) is 0 Å². The Bertz CT molecular complexity index is 156. The van der Waals surface area contributed by atoms with Crippen LogP contribution in [0.5, 0.6) is 0 Å². The molecule has 1 saturated heterocycles. The Hall–Kier alpha value is -0.570. The van der Waals surface area contributed by atoms with Crippen molar-refractivity contribution >= 4 is 5.91 Å². The maximum Gasteiger partial charge on any atom is 0.222 e. The molecule has 0 aliphatic carbocycles. The van der Waals surface area contributed by atoms with Gasteiger partial charge in [0.15, 0.2) is 0 Å². The highest BCUT2D eigenvalue weighted by Crippen LogP contribution is 2.14. The SMILES string of the molecule is CC(N)C(C)N1CCCC1=O. The number of hydrogen-bond acceptors (Lipinski definition) is 2. The van der Waals surface area contributed by atoms with E-state index in [2.05, 4.69) is 0 Å². The number of amides is 1. The van der Waals surface area contributed by atoms with Crippen molar-refractivity contribution in [3.05, 3.63) is 0 Å². The number of rotatable bonds is 2. The molecule has 64 valence electrons. The normalized spacial score (nSPS) is 23.9. The van der Waals surface area contributed by atoms with Gasteiger partial charge in [-0.2, -0.15) is 0 Å². The minimum absolute atomic E-state index is 0.0806. The summed E-state index contributed by atoms with van der Waals surface area (Å²) in [5.41, 5.74) is 5.68. The van der Waals surface area contributed by atoms with Crippen LogP contribution in [0.25, 0.3) is 0 Å². The zero-order chi connectivity index (χ0) is 8.43. The molecule has 1 heterocycles. The van der Waals surface area contributed by atoms with E-state index >= 15 is 0 Å². The lowest BCUT2D eigenvalue weighted by Gasteiger charge is -2.27. The van der Waals surface area contributed by atoms with E-state index in [4.69, 9.17) is 5.73 Å². The van der Waals surface area contributed by atoms with E-state index < -0.39 is 0 Å². The highest BCUT2D eigenvalue weighted by Gasteiger charge is 2.26.